The van der Waals surface area contributed by atoms with Crippen molar-refractivity contribution in [3.8, 4) is 0 Å². The smallest absolute Gasteiger partial charge is 0.363 e. The molecule has 0 amide bonds. The topological polar surface area (TPSA) is 59.1 Å². The molecule has 0 aromatic heterocycles. The van der Waals surface area contributed by atoms with E-state index in [9.17, 15) is 9.59 Å². The van der Waals surface area contributed by atoms with Crippen LogP contribution in [0.2, 0.25) is 0 Å². The number of benzene rings is 2. The molecule has 1 heterocycles. The largest absolute Gasteiger partial charge is 0.465 e. The minimum atomic E-state index is -0.991. The molecular formula is C23H28N2O4S. The minimum Gasteiger partial charge on any atom is -0.465 e. The number of rotatable bonds is 6. The molecule has 1 aliphatic heterocycles. The molecule has 1 saturated heterocycles. The molecule has 6 nitrogen and oxygen atoms in total. The molecule has 160 valence electrons. The van der Waals surface area contributed by atoms with Gasteiger partial charge in [-0.05, 0) is 37.6 Å². The maximum absolute atomic E-state index is 12.1. The first-order chi connectivity index (χ1) is 14.4. The molecule has 1 unspecified atom stereocenters. The summed E-state index contributed by atoms with van der Waals surface area (Å²) in [5.74, 6) is -1.05. The van der Waals surface area contributed by atoms with Crippen LogP contribution in [-0.4, -0.2) is 56.4 Å². The summed E-state index contributed by atoms with van der Waals surface area (Å²) in [6, 6.07) is 14.9. The summed E-state index contributed by atoms with van der Waals surface area (Å²) < 4.78 is 10.0. The van der Waals surface area contributed by atoms with Gasteiger partial charge in [0.05, 0.1) is 12.8 Å². The van der Waals surface area contributed by atoms with Crippen LogP contribution < -0.4 is 4.90 Å². The van der Waals surface area contributed by atoms with Gasteiger partial charge in [-0.3, -0.25) is 9.69 Å². The average Bonchev–Trinajstić information content (AvgIpc) is 2.74. The van der Waals surface area contributed by atoms with Gasteiger partial charge in [0, 0.05) is 42.9 Å². The van der Waals surface area contributed by atoms with E-state index in [1.54, 1.807) is 11.8 Å². The van der Waals surface area contributed by atoms with Crippen molar-refractivity contribution in [1.29, 1.82) is 0 Å². The van der Waals surface area contributed by atoms with E-state index in [1.165, 1.54) is 40.6 Å². The molecule has 0 radical (unpaired) electrons. The molecule has 0 spiro atoms. The maximum atomic E-state index is 12.1. The second kappa shape index (κ2) is 10.00. The molecule has 0 bridgehead atoms. The zero-order valence-corrected chi connectivity index (χ0v) is 18.7. The van der Waals surface area contributed by atoms with Gasteiger partial charge in [0.2, 0.25) is 0 Å². The van der Waals surface area contributed by atoms with Crippen molar-refractivity contribution in [1.82, 2.24) is 4.90 Å². The van der Waals surface area contributed by atoms with E-state index in [0.29, 0.717) is 13.1 Å². The Morgan fingerprint density at radius 1 is 1.00 bits per heavy atom. The second-order valence-electron chi connectivity index (χ2n) is 7.35. The third-order valence-corrected chi connectivity index (χ3v) is 6.33. The van der Waals surface area contributed by atoms with Crippen LogP contribution in [0.4, 0.5) is 5.69 Å². The SMILES string of the molecule is COC(=O)C(OC(C)=O)N1CCN(c2ccccc2Sc2ccc(C)cc2C)CC1. The summed E-state index contributed by atoms with van der Waals surface area (Å²) in [5.41, 5.74) is 3.69. The van der Waals surface area contributed by atoms with E-state index < -0.39 is 18.2 Å². The molecule has 30 heavy (non-hydrogen) atoms. The molecule has 0 aliphatic carbocycles. The standard InChI is InChI=1S/C23H28N2O4S/c1-16-9-10-20(17(2)15-16)30-21-8-6-5-7-19(21)24-11-13-25(14-12-24)22(23(27)28-4)29-18(3)26/h5-10,15,22H,11-14H2,1-4H3. The Labute approximate surface area is 182 Å². The number of piperazine rings is 1. The number of methoxy groups -OCH3 is 1. The van der Waals surface area contributed by atoms with Crippen LogP contribution >= 0.6 is 11.8 Å². The summed E-state index contributed by atoms with van der Waals surface area (Å²) in [6.45, 7) is 8.17. The van der Waals surface area contributed by atoms with Crippen LogP contribution in [0.3, 0.4) is 0 Å². The number of para-hydroxylation sites is 1. The van der Waals surface area contributed by atoms with Crippen molar-refractivity contribution in [3.63, 3.8) is 0 Å². The zero-order chi connectivity index (χ0) is 21.7. The summed E-state index contributed by atoms with van der Waals surface area (Å²) in [7, 11) is 1.30. The number of hydrogen-bond acceptors (Lipinski definition) is 7. The lowest BCUT2D eigenvalue weighted by atomic mass is 10.2. The zero-order valence-electron chi connectivity index (χ0n) is 17.9. The van der Waals surface area contributed by atoms with Crippen LogP contribution in [0.1, 0.15) is 18.1 Å². The van der Waals surface area contributed by atoms with Gasteiger partial charge in [0.15, 0.2) is 0 Å². The van der Waals surface area contributed by atoms with Crippen LogP contribution in [0.5, 0.6) is 0 Å². The first-order valence-electron chi connectivity index (χ1n) is 9.97. The van der Waals surface area contributed by atoms with Crippen molar-refractivity contribution >= 4 is 29.4 Å². The number of carbonyl (C=O) groups is 2. The number of anilines is 1. The van der Waals surface area contributed by atoms with Crippen molar-refractivity contribution in [2.45, 2.75) is 36.8 Å². The van der Waals surface area contributed by atoms with Crippen LogP contribution in [0, 0.1) is 13.8 Å². The third-order valence-electron chi connectivity index (χ3n) is 5.08. The predicted octanol–water partition coefficient (Wildman–Crippen LogP) is 3.64. The van der Waals surface area contributed by atoms with Gasteiger partial charge in [-0.25, -0.2) is 4.79 Å². The van der Waals surface area contributed by atoms with Gasteiger partial charge in [-0.1, -0.05) is 41.6 Å². The van der Waals surface area contributed by atoms with Crippen LogP contribution in [-0.2, 0) is 19.1 Å². The highest BCUT2D eigenvalue weighted by molar-refractivity contribution is 7.99. The van der Waals surface area contributed by atoms with Gasteiger partial charge in [-0.15, -0.1) is 0 Å². The third kappa shape index (κ3) is 5.34. The Hall–Kier alpha value is -2.51. The molecule has 0 saturated carbocycles. The molecule has 3 rings (SSSR count). The van der Waals surface area contributed by atoms with E-state index in [-0.39, 0.29) is 0 Å². The molecule has 1 atom stereocenters. The second-order valence-corrected chi connectivity index (χ2v) is 8.43. The Balaban J connectivity index is 1.73. The Morgan fingerprint density at radius 2 is 1.70 bits per heavy atom. The Bertz CT molecular complexity index is 910. The highest BCUT2D eigenvalue weighted by Crippen LogP contribution is 2.37. The number of carbonyl (C=O) groups excluding carboxylic acids is 2. The number of esters is 2. The number of ether oxygens (including phenoxy) is 2. The summed E-state index contributed by atoms with van der Waals surface area (Å²) in [6.07, 6.45) is -0.991. The fraction of sp³-hybridized carbons (Fsp3) is 0.391. The fourth-order valence-corrected chi connectivity index (χ4v) is 4.61. The van der Waals surface area contributed by atoms with Gasteiger partial charge < -0.3 is 14.4 Å². The van der Waals surface area contributed by atoms with Crippen molar-refractivity contribution in [2.75, 3.05) is 38.2 Å². The molecular weight excluding hydrogens is 400 g/mol. The van der Waals surface area contributed by atoms with Gasteiger partial charge in [0.25, 0.3) is 6.23 Å². The summed E-state index contributed by atoms with van der Waals surface area (Å²) in [4.78, 5) is 30.1. The molecule has 0 N–H and O–H groups in total. The molecule has 1 fully saturated rings. The fourth-order valence-electron chi connectivity index (χ4n) is 3.56. The Morgan fingerprint density at radius 3 is 2.33 bits per heavy atom. The highest BCUT2D eigenvalue weighted by Gasteiger charge is 2.32. The highest BCUT2D eigenvalue weighted by atomic mass is 32.2. The summed E-state index contributed by atoms with van der Waals surface area (Å²) >= 11 is 1.77. The van der Waals surface area contributed by atoms with E-state index in [2.05, 4.69) is 55.1 Å². The minimum absolute atomic E-state index is 0.497. The number of hydrogen-bond donors (Lipinski definition) is 0. The predicted molar refractivity (Wildman–Crippen MR) is 118 cm³/mol. The lowest BCUT2D eigenvalue weighted by Gasteiger charge is -2.38. The van der Waals surface area contributed by atoms with Crippen molar-refractivity contribution in [2.24, 2.45) is 0 Å². The lowest BCUT2D eigenvalue weighted by Crippen LogP contribution is -2.54. The van der Waals surface area contributed by atoms with E-state index >= 15 is 0 Å². The first-order valence-corrected chi connectivity index (χ1v) is 10.8. The Kier molecular flexibility index (Phi) is 7.39. The number of nitrogens with zero attached hydrogens (tertiary/aromatic N) is 2. The molecule has 2 aromatic rings. The summed E-state index contributed by atoms with van der Waals surface area (Å²) in [5, 5.41) is 0. The van der Waals surface area contributed by atoms with E-state index in [4.69, 9.17) is 9.47 Å². The normalized spacial score (nSPS) is 15.5. The van der Waals surface area contributed by atoms with Crippen LogP contribution in [0.25, 0.3) is 0 Å². The molecule has 1 aliphatic rings. The first kappa shape index (κ1) is 22.2. The lowest BCUT2D eigenvalue weighted by molar-refractivity contribution is -0.178. The van der Waals surface area contributed by atoms with Crippen LogP contribution in [0.15, 0.2) is 52.3 Å². The molecule has 2 aromatic carbocycles. The van der Waals surface area contributed by atoms with Gasteiger partial charge in [0.1, 0.15) is 0 Å². The quantitative estimate of drug-likeness (QED) is 0.651. The van der Waals surface area contributed by atoms with Gasteiger partial charge >= 0.3 is 11.9 Å². The monoisotopic (exact) mass is 428 g/mol. The van der Waals surface area contributed by atoms with Crippen molar-refractivity contribution in [3.05, 3.63) is 53.6 Å². The number of aryl methyl sites for hydroxylation is 2. The van der Waals surface area contributed by atoms with Crippen molar-refractivity contribution < 1.29 is 19.1 Å². The maximum Gasteiger partial charge on any atom is 0.363 e. The average molecular weight is 429 g/mol. The van der Waals surface area contributed by atoms with E-state index in [1.807, 2.05) is 11.0 Å². The van der Waals surface area contributed by atoms with Gasteiger partial charge in [-0.2, -0.15) is 0 Å². The molecule has 7 heteroatoms. The van der Waals surface area contributed by atoms with E-state index in [0.717, 1.165) is 13.1 Å².